The Kier molecular flexibility index (Phi) is 2.90. The first-order valence-electron chi connectivity index (χ1n) is 5.18. The molecule has 0 amide bonds. The van der Waals surface area contributed by atoms with E-state index in [-0.39, 0.29) is 11.7 Å². The zero-order chi connectivity index (χ0) is 10.2. The van der Waals surface area contributed by atoms with E-state index in [0.29, 0.717) is 12.3 Å². The van der Waals surface area contributed by atoms with Crippen LogP contribution in [0.25, 0.3) is 0 Å². The Morgan fingerprint density at radius 2 is 1.86 bits per heavy atom. The van der Waals surface area contributed by atoms with Crippen molar-refractivity contribution in [3.63, 3.8) is 0 Å². The number of halogens is 2. The summed E-state index contributed by atoms with van der Waals surface area (Å²) in [7, 11) is 0. The summed E-state index contributed by atoms with van der Waals surface area (Å²) in [5.41, 5.74) is 0. The number of Topliss-reactive ketones (excluding diaryl/α,β-unsaturated/α-hetero) is 1. The van der Waals surface area contributed by atoms with Gasteiger partial charge < -0.3 is 0 Å². The van der Waals surface area contributed by atoms with Crippen molar-refractivity contribution in [3.05, 3.63) is 12.2 Å². The first kappa shape index (κ1) is 10.5. The van der Waals surface area contributed by atoms with Crippen molar-refractivity contribution in [1.82, 2.24) is 0 Å². The highest BCUT2D eigenvalue weighted by Gasteiger charge is 2.51. The standard InChI is InChI=1S/C11H14Cl2O/c12-11(13)9-6-4-2-1-3-5-8(9)7-10(11)14/h1-2,8-9H,3-7H2/b2-1-. The molecular formula is C11H14Cl2O. The fraction of sp³-hybridized carbons (Fsp3) is 0.727. The van der Waals surface area contributed by atoms with Crippen LogP contribution in [-0.4, -0.2) is 10.1 Å². The van der Waals surface area contributed by atoms with Gasteiger partial charge in [0.1, 0.15) is 0 Å². The maximum atomic E-state index is 11.6. The lowest BCUT2D eigenvalue weighted by atomic mass is 9.86. The molecule has 3 heteroatoms. The van der Waals surface area contributed by atoms with Crippen LogP contribution in [0, 0.1) is 11.8 Å². The number of carbonyl (C=O) groups is 1. The van der Waals surface area contributed by atoms with E-state index in [1.165, 1.54) is 0 Å². The van der Waals surface area contributed by atoms with Crippen LogP contribution >= 0.6 is 23.2 Å². The van der Waals surface area contributed by atoms with Crippen molar-refractivity contribution in [3.8, 4) is 0 Å². The minimum Gasteiger partial charge on any atom is -0.296 e. The number of ketones is 1. The molecule has 0 aliphatic heterocycles. The summed E-state index contributed by atoms with van der Waals surface area (Å²) < 4.78 is -1.10. The molecule has 2 aliphatic carbocycles. The van der Waals surface area contributed by atoms with Crippen LogP contribution < -0.4 is 0 Å². The lowest BCUT2D eigenvalue weighted by molar-refractivity contribution is -0.118. The summed E-state index contributed by atoms with van der Waals surface area (Å²) in [6.07, 6.45) is 8.99. The highest BCUT2D eigenvalue weighted by molar-refractivity contribution is 6.59. The maximum Gasteiger partial charge on any atom is 0.178 e. The van der Waals surface area contributed by atoms with E-state index in [0.717, 1.165) is 25.7 Å². The molecule has 0 spiro atoms. The number of alkyl halides is 2. The first-order valence-corrected chi connectivity index (χ1v) is 5.94. The van der Waals surface area contributed by atoms with Crippen molar-refractivity contribution >= 4 is 29.0 Å². The SMILES string of the molecule is O=C1CC2CC/C=C\CCC2C1(Cl)Cl. The van der Waals surface area contributed by atoms with Gasteiger partial charge in [0.05, 0.1) is 0 Å². The number of rotatable bonds is 0. The molecule has 0 aromatic heterocycles. The third kappa shape index (κ3) is 1.72. The molecule has 78 valence electrons. The van der Waals surface area contributed by atoms with Crippen molar-refractivity contribution < 1.29 is 4.79 Å². The van der Waals surface area contributed by atoms with Crippen LogP contribution in [0.5, 0.6) is 0 Å². The van der Waals surface area contributed by atoms with Crippen molar-refractivity contribution in [2.24, 2.45) is 11.8 Å². The van der Waals surface area contributed by atoms with E-state index in [1.807, 2.05) is 0 Å². The second-order valence-electron chi connectivity index (χ2n) is 4.24. The van der Waals surface area contributed by atoms with Crippen LogP contribution in [0.1, 0.15) is 32.1 Å². The van der Waals surface area contributed by atoms with Gasteiger partial charge >= 0.3 is 0 Å². The first-order chi connectivity index (χ1) is 6.62. The van der Waals surface area contributed by atoms with Gasteiger partial charge in [-0.15, -0.1) is 0 Å². The molecule has 2 rings (SSSR count). The molecule has 0 radical (unpaired) electrons. The Morgan fingerprint density at radius 1 is 1.21 bits per heavy atom. The quantitative estimate of drug-likeness (QED) is 0.462. The van der Waals surface area contributed by atoms with E-state index in [4.69, 9.17) is 23.2 Å². The molecule has 2 unspecified atom stereocenters. The van der Waals surface area contributed by atoms with Crippen molar-refractivity contribution in [2.75, 3.05) is 0 Å². The monoisotopic (exact) mass is 232 g/mol. The van der Waals surface area contributed by atoms with E-state index < -0.39 is 4.33 Å². The molecular weight excluding hydrogens is 219 g/mol. The number of carbonyl (C=O) groups excluding carboxylic acids is 1. The zero-order valence-corrected chi connectivity index (χ0v) is 9.52. The lowest BCUT2D eigenvalue weighted by Crippen LogP contribution is -2.29. The van der Waals surface area contributed by atoms with Gasteiger partial charge in [-0.1, -0.05) is 35.4 Å². The maximum absolute atomic E-state index is 11.6. The molecule has 0 aromatic carbocycles. The van der Waals surface area contributed by atoms with Crippen molar-refractivity contribution in [1.29, 1.82) is 0 Å². The second kappa shape index (κ2) is 3.86. The zero-order valence-electron chi connectivity index (χ0n) is 8.01. The van der Waals surface area contributed by atoms with Gasteiger partial charge in [0, 0.05) is 12.3 Å². The van der Waals surface area contributed by atoms with Gasteiger partial charge in [-0.05, 0) is 31.6 Å². The fourth-order valence-electron chi connectivity index (χ4n) is 2.56. The number of hydrogen-bond donors (Lipinski definition) is 0. The Hall–Kier alpha value is -0.0100. The van der Waals surface area contributed by atoms with E-state index in [2.05, 4.69) is 12.2 Å². The van der Waals surface area contributed by atoms with Crippen LogP contribution in [-0.2, 0) is 4.79 Å². The average Bonchev–Trinajstić information content (AvgIpc) is 2.26. The summed E-state index contributed by atoms with van der Waals surface area (Å²) >= 11 is 12.2. The van der Waals surface area contributed by atoms with Gasteiger partial charge in [-0.25, -0.2) is 0 Å². The largest absolute Gasteiger partial charge is 0.296 e. The highest BCUT2D eigenvalue weighted by Crippen LogP contribution is 2.49. The summed E-state index contributed by atoms with van der Waals surface area (Å²) in [6, 6.07) is 0. The molecule has 1 saturated carbocycles. The van der Waals surface area contributed by atoms with Gasteiger partial charge in [0.15, 0.2) is 10.1 Å². The van der Waals surface area contributed by atoms with Crippen LogP contribution in [0.15, 0.2) is 12.2 Å². The minimum absolute atomic E-state index is 0.0257. The molecule has 1 nitrogen and oxygen atoms in total. The number of hydrogen-bond acceptors (Lipinski definition) is 1. The predicted octanol–water partition coefficient (Wildman–Crippen LogP) is 3.50. The molecule has 2 atom stereocenters. The summed E-state index contributed by atoms with van der Waals surface area (Å²) in [5, 5.41) is 0. The smallest absolute Gasteiger partial charge is 0.178 e. The third-order valence-electron chi connectivity index (χ3n) is 3.37. The summed E-state index contributed by atoms with van der Waals surface area (Å²) in [6.45, 7) is 0. The lowest BCUT2D eigenvalue weighted by Gasteiger charge is -2.25. The van der Waals surface area contributed by atoms with Crippen LogP contribution in [0.3, 0.4) is 0 Å². The topological polar surface area (TPSA) is 17.1 Å². The Morgan fingerprint density at radius 3 is 2.57 bits per heavy atom. The van der Waals surface area contributed by atoms with E-state index in [1.54, 1.807) is 0 Å². The van der Waals surface area contributed by atoms with E-state index >= 15 is 0 Å². The second-order valence-corrected chi connectivity index (χ2v) is 5.63. The third-order valence-corrected chi connectivity index (χ3v) is 4.35. The summed E-state index contributed by atoms with van der Waals surface area (Å²) in [4.78, 5) is 11.6. The highest BCUT2D eigenvalue weighted by atomic mass is 35.5. The molecule has 0 bridgehead atoms. The van der Waals surface area contributed by atoms with Gasteiger partial charge in [-0.2, -0.15) is 0 Å². The average molecular weight is 233 g/mol. The van der Waals surface area contributed by atoms with Crippen molar-refractivity contribution in [2.45, 2.75) is 36.4 Å². The fourth-order valence-corrected chi connectivity index (χ4v) is 3.29. The van der Waals surface area contributed by atoms with Gasteiger partial charge in [0.2, 0.25) is 0 Å². The van der Waals surface area contributed by atoms with Gasteiger partial charge in [0.25, 0.3) is 0 Å². The summed E-state index contributed by atoms with van der Waals surface area (Å²) in [5.74, 6) is 0.600. The predicted molar refractivity (Wildman–Crippen MR) is 58.6 cm³/mol. The molecule has 2 aliphatic rings. The Labute approximate surface area is 94.5 Å². The van der Waals surface area contributed by atoms with Crippen LogP contribution in [0.2, 0.25) is 0 Å². The van der Waals surface area contributed by atoms with E-state index in [9.17, 15) is 4.79 Å². The Balaban J connectivity index is 2.19. The molecule has 14 heavy (non-hydrogen) atoms. The molecule has 0 heterocycles. The molecule has 0 aromatic rings. The normalized spacial score (nSPS) is 38.6. The molecule has 0 N–H and O–H groups in total. The number of allylic oxidation sites excluding steroid dienone is 2. The van der Waals surface area contributed by atoms with Crippen LogP contribution in [0.4, 0.5) is 0 Å². The molecule has 0 saturated heterocycles. The van der Waals surface area contributed by atoms with Gasteiger partial charge in [-0.3, -0.25) is 4.79 Å². The Bertz CT molecular complexity index is 270. The minimum atomic E-state index is -1.10. The number of fused-ring (bicyclic) bond motifs is 1. The molecule has 1 fully saturated rings.